The summed E-state index contributed by atoms with van der Waals surface area (Å²) in [5.74, 6) is -0.993. The smallest absolute Gasteiger partial charge is 0.258 e. The second-order valence-corrected chi connectivity index (χ2v) is 5.97. The molecule has 1 aromatic carbocycles. The van der Waals surface area contributed by atoms with Crippen molar-refractivity contribution >= 4 is 0 Å². The van der Waals surface area contributed by atoms with E-state index in [2.05, 4.69) is 10.1 Å². The first-order valence-corrected chi connectivity index (χ1v) is 7.72. The lowest BCUT2D eigenvalue weighted by Crippen LogP contribution is -2.09. The summed E-state index contributed by atoms with van der Waals surface area (Å²) in [6.07, 6.45) is 0.871. The molecule has 0 spiro atoms. The normalized spacial score (nSPS) is 22.8. The summed E-state index contributed by atoms with van der Waals surface area (Å²) in [7, 11) is 0. The van der Waals surface area contributed by atoms with Crippen LogP contribution in [0, 0.1) is 0 Å². The molecule has 0 radical (unpaired) electrons. The third-order valence-corrected chi connectivity index (χ3v) is 4.20. The summed E-state index contributed by atoms with van der Waals surface area (Å²) in [5.41, 5.74) is 0.692. The lowest BCUT2D eigenvalue weighted by molar-refractivity contribution is 0.00749. The Bertz CT molecular complexity index is 717. The van der Waals surface area contributed by atoms with Crippen LogP contribution in [-0.4, -0.2) is 29.3 Å². The van der Waals surface area contributed by atoms with Gasteiger partial charge in [0.25, 0.3) is 5.89 Å². The van der Waals surface area contributed by atoms with Crippen LogP contribution in [-0.2, 0) is 0 Å². The van der Waals surface area contributed by atoms with Crippen LogP contribution in [0.15, 0.2) is 22.7 Å². The van der Waals surface area contributed by atoms with Crippen molar-refractivity contribution in [2.45, 2.75) is 37.5 Å². The van der Waals surface area contributed by atoms with Crippen molar-refractivity contribution < 1.29 is 22.8 Å². The van der Waals surface area contributed by atoms with Crippen LogP contribution in [0.3, 0.4) is 0 Å². The topological polar surface area (TPSA) is 57.4 Å². The fourth-order valence-electron chi connectivity index (χ4n) is 2.98. The minimum atomic E-state index is -2.62. The van der Waals surface area contributed by atoms with Gasteiger partial charge in [-0.05, 0) is 24.6 Å². The molecule has 122 valence electrons. The van der Waals surface area contributed by atoms with Crippen molar-refractivity contribution in [2.24, 2.45) is 0 Å². The molecule has 23 heavy (non-hydrogen) atoms. The molecule has 2 heterocycles. The predicted molar refractivity (Wildman–Crippen MR) is 76.9 cm³/mol. The maximum atomic E-state index is 13.3. The molecule has 4 rings (SSSR count). The lowest BCUT2D eigenvalue weighted by Gasteiger charge is -2.07. The highest BCUT2D eigenvalue weighted by molar-refractivity contribution is 5.59. The largest absolute Gasteiger partial charge is 0.490 e. The Kier molecular flexibility index (Phi) is 3.43. The molecule has 0 saturated heterocycles. The van der Waals surface area contributed by atoms with Crippen molar-refractivity contribution in [2.75, 3.05) is 13.2 Å². The number of nitrogens with zero attached hydrogens (tertiary/aromatic N) is 2. The third-order valence-electron chi connectivity index (χ3n) is 4.20. The average molecular weight is 322 g/mol. The van der Waals surface area contributed by atoms with Gasteiger partial charge in [-0.25, -0.2) is 8.78 Å². The second-order valence-electron chi connectivity index (χ2n) is 5.97. The summed E-state index contributed by atoms with van der Waals surface area (Å²) < 4.78 is 43.1. The third kappa shape index (κ3) is 2.87. The summed E-state index contributed by atoms with van der Waals surface area (Å²) in [5, 5.41) is 3.88. The number of rotatable bonds is 2. The predicted octanol–water partition coefficient (Wildman–Crippen LogP) is 3.80. The Morgan fingerprint density at radius 3 is 2.74 bits per heavy atom. The molecule has 7 heteroatoms. The van der Waals surface area contributed by atoms with Gasteiger partial charge in [-0.1, -0.05) is 5.16 Å². The molecule has 2 aliphatic rings. The van der Waals surface area contributed by atoms with Gasteiger partial charge >= 0.3 is 0 Å². The maximum absolute atomic E-state index is 13.3. The molecule has 1 unspecified atom stereocenters. The van der Waals surface area contributed by atoms with E-state index in [0.29, 0.717) is 48.4 Å². The Morgan fingerprint density at radius 2 is 1.96 bits per heavy atom. The van der Waals surface area contributed by atoms with Gasteiger partial charge < -0.3 is 14.0 Å². The summed E-state index contributed by atoms with van der Waals surface area (Å²) in [6.45, 7) is 1.20. The number of benzene rings is 1. The van der Waals surface area contributed by atoms with Crippen LogP contribution in [0.1, 0.15) is 37.4 Å². The van der Waals surface area contributed by atoms with E-state index in [1.807, 2.05) is 0 Å². The number of fused-ring (bicyclic) bond motifs is 1. The summed E-state index contributed by atoms with van der Waals surface area (Å²) >= 11 is 0. The van der Waals surface area contributed by atoms with Gasteiger partial charge in [-0.15, -0.1) is 0 Å². The van der Waals surface area contributed by atoms with Gasteiger partial charge in [0.1, 0.15) is 0 Å². The first kappa shape index (κ1) is 14.4. The Hall–Kier alpha value is -2.18. The molecule has 1 saturated carbocycles. The Morgan fingerprint density at radius 1 is 1.13 bits per heavy atom. The summed E-state index contributed by atoms with van der Waals surface area (Å²) in [6, 6.07) is 5.37. The number of halogens is 2. The van der Waals surface area contributed by atoms with Crippen LogP contribution in [0.4, 0.5) is 8.78 Å². The van der Waals surface area contributed by atoms with Gasteiger partial charge in [0.15, 0.2) is 17.3 Å². The molecule has 0 bridgehead atoms. The Balaban J connectivity index is 1.58. The zero-order valence-electron chi connectivity index (χ0n) is 12.4. The Labute approximate surface area is 131 Å². The van der Waals surface area contributed by atoms with Crippen LogP contribution >= 0.6 is 0 Å². The fraction of sp³-hybridized carbons (Fsp3) is 0.500. The van der Waals surface area contributed by atoms with E-state index in [1.165, 1.54) is 0 Å². The molecule has 1 atom stereocenters. The minimum Gasteiger partial charge on any atom is -0.490 e. The van der Waals surface area contributed by atoms with Crippen molar-refractivity contribution in [3.63, 3.8) is 0 Å². The second kappa shape index (κ2) is 5.47. The molecule has 1 aromatic heterocycles. The summed E-state index contributed by atoms with van der Waals surface area (Å²) in [4.78, 5) is 4.29. The van der Waals surface area contributed by atoms with Gasteiger partial charge in [0.2, 0.25) is 5.92 Å². The van der Waals surface area contributed by atoms with E-state index in [1.54, 1.807) is 18.2 Å². The molecule has 1 aliphatic heterocycles. The first-order valence-electron chi connectivity index (χ1n) is 7.72. The molecule has 0 N–H and O–H groups in total. The highest BCUT2D eigenvalue weighted by atomic mass is 19.3. The van der Waals surface area contributed by atoms with Crippen molar-refractivity contribution in [3.05, 3.63) is 24.0 Å². The van der Waals surface area contributed by atoms with Gasteiger partial charge in [0, 0.05) is 30.7 Å². The zero-order valence-corrected chi connectivity index (χ0v) is 12.4. The van der Waals surface area contributed by atoms with Crippen LogP contribution in [0.25, 0.3) is 11.5 Å². The highest BCUT2D eigenvalue weighted by Gasteiger charge is 2.41. The number of ether oxygens (including phenoxy) is 2. The van der Waals surface area contributed by atoms with Crippen molar-refractivity contribution in [3.8, 4) is 23.0 Å². The monoisotopic (exact) mass is 322 g/mol. The fourth-order valence-corrected chi connectivity index (χ4v) is 2.98. The molecule has 2 aromatic rings. The number of aromatic nitrogens is 2. The van der Waals surface area contributed by atoms with E-state index in [0.717, 1.165) is 6.42 Å². The van der Waals surface area contributed by atoms with E-state index in [-0.39, 0.29) is 18.8 Å². The molecular formula is C16H16F2N2O3. The quantitative estimate of drug-likeness (QED) is 0.841. The van der Waals surface area contributed by atoms with Crippen LogP contribution in [0.2, 0.25) is 0 Å². The molecule has 0 amide bonds. The molecule has 5 nitrogen and oxygen atoms in total. The van der Waals surface area contributed by atoms with Crippen LogP contribution in [0.5, 0.6) is 11.5 Å². The van der Waals surface area contributed by atoms with Gasteiger partial charge in [0.05, 0.1) is 13.2 Å². The standard InChI is InChI=1S/C16H16F2N2O3/c17-16(18)5-4-11(9-16)14-19-15(23-20-14)10-2-3-12-13(8-10)22-7-1-6-21-12/h2-3,8,11H,1,4-7,9H2. The van der Waals surface area contributed by atoms with E-state index >= 15 is 0 Å². The van der Waals surface area contributed by atoms with Crippen molar-refractivity contribution in [1.82, 2.24) is 10.1 Å². The zero-order chi connectivity index (χ0) is 15.9. The van der Waals surface area contributed by atoms with E-state index in [4.69, 9.17) is 14.0 Å². The molecule has 1 fully saturated rings. The SMILES string of the molecule is FC1(F)CCC(c2noc(-c3ccc4c(c3)OCCCO4)n2)C1. The average Bonchev–Trinajstić information content (AvgIpc) is 3.07. The van der Waals surface area contributed by atoms with E-state index in [9.17, 15) is 8.78 Å². The van der Waals surface area contributed by atoms with Crippen molar-refractivity contribution in [1.29, 1.82) is 0 Å². The van der Waals surface area contributed by atoms with Gasteiger partial charge in [-0.3, -0.25) is 0 Å². The highest BCUT2D eigenvalue weighted by Crippen LogP contribution is 2.43. The number of hydrogen-bond acceptors (Lipinski definition) is 5. The lowest BCUT2D eigenvalue weighted by atomic mass is 10.1. The molecular weight excluding hydrogens is 306 g/mol. The minimum absolute atomic E-state index is 0.119. The number of hydrogen-bond donors (Lipinski definition) is 0. The molecule has 1 aliphatic carbocycles. The maximum Gasteiger partial charge on any atom is 0.258 e. The van der Waals surface area contributed by atoms with Gasteiger partial charge in [-0.2, -0.15) is 4.98 Å². The number of alkyl halides is 2. The van der Waals surface area contributed by atoms with Crippen LogP contribution < -0.4 is 9.47 Å². The van der Waals surface area contributed by atoms with E-state index < -0.39 is 5.92 Å². The first-order chi connectivity index (χ1) is 11.1.